The number of piperidine rings is 1. The average Bonchev–Trinajstić information content (AvgIpc) is 2.63. The third kappa shape index (κ3) is 4.57. The summed E-state index contributed by atoms with van der Waals surface area (Å²) >= 11 is 0. The highest BCUT2D eigenvalue weighted by Gasteiger charge is 2.31. The quantitative estimate of drug-likeness (QED) is 0.632. The lowest BCUT2D eigenvalue weighted by Gasteiger charge is -2.42. The van der Waals surface area contributed by atoms with E-state index < -0.39 is 0 Å². The number of non-ortho nitro benzene ring substituents is 1. The third-order valence-electron chi connectivity index (χ3n) is 5.76. The first-order valence-electron chi connectivity index (χ1n) is 9.47. The predicted molar refractivity (Wildman–Crippen MR) is 97.5 cm³/mol. The van der Waals surface area contributed by atoms with Crippen LogP contribution in [0, 0.1) is 10.1 Å². The molecule has 6 heteroatoms. The van der Waals surface area contributed by atoms with Gasteiger partial charge in [0, 0.05) is 43.3 Å². The highest BCUT2D eigenvalue weighted by atomic mass is 16.6. The second-order valence-corrected chi connectivity index (χ2v) is 7.47. The maximum atomic E-state index is 10.9. The normalized spacial score (nSPS) is 27.1. The first-order chi connectivity index (χ1) is 12.0. The predicted octanol–water partition coefficient (Wildman–Crippen LogP) is 3.01. The van der Waals surface area contributed by atoms with Crippen LogP contribution in [0.3, 0.4) is 0 Å². The molecule has 25 heavy (non-hydrogen) atoms. The Morgan fingerprint density at radius 2 is 1.96 bits per heavy atom. The van der Waals surface area contributed by atoms with Crippen LogP contribution in [-0.2, 0) is 0 Å². The van der Waals surface area contributed by atoms with E-state index in [1.54, 1.807) is 12.1 Å². The Hall–Kier alpha value is -1.50. The van der Waals surface area contributed by atoms with Crippen LogP contribution in [0.4, 0.5) is 5.69 Å². The van der Waals surface area contributed by atoms with Crippen molar-refractivity contribution in [3.05, 3.63) is 39.9 Å². The van der Waals surface area contributed by atoms with Crippen LogP contribution >= 0.6 is 0 Å². The standard InChI is InChI=1S/C19H29N3O3/c1-14(15-5-4-6-17(13-15)22(24)25)20-16-9-11-21(12-10-16)18-7-2-3-8-19(18)23/h4-6,13-14,16,18-20,23H,2-3,7-12H2,1H3. The first kappa shape index (κ1) is 18.3. The van der Waals surface area contributed by atoms with Gasteiger partial charge >= 0.3 is 0 Å². The van der Waals surface area contributed by atoms with E-state index in [1.165, 1.54) is 12.5 Å². The minimum Gasteiger partial charge on any atom is -0.391 e. The van der Waals surface area contributed by atoms with E-state index in [4.69, 9.17) is 0 Å². The molecule has 138 valence electrons. The summed E-state index contributed by atoms with van der Waals surface area (Å²) < 4.78 is 0. The van der Waals surface area contributed by atoms with Gasteiger partial charge in [0.05, 0.1) is 11.0 Å². The molecule has 0 spiro atoms. The minimum absolute atomic E-state index is 0.0942. The number of nitrogens with zero attached hydrogens (tertiary/aromatic N) is 2. The van der Waals surface area contributed by atoms with E-state index in [2.05, 4.69) is 17.1 Å². The molecule has 3 rings (SSSR count). The number of aliphatic hydroxyl groups is 1. The molecule has 1 aromatic carbocycles. The number of benzene rings is 1. The summed E-state index contributed by atoms with van der Waals surface area (Å²) in [5.41, 5.74) is 1.10. The number of nitrogens with one attached hydrogen (secondary N) is 1. The van der Waals surface area contributed by atoms with Crippen LogP contribution in [0.15, 0.2) is 24.3 Å². The summed E-state index contributed by atoms with van der Waals surface area (Å²) in [6.07, 6.45) is 6.38. The number of nitro benzene ring substituents is 1. The van der Waals surface area contributed by atoms with Gasteiger partial charge in [0.15, 0.2) is 0 Å². The van der Waals surface area contributed by atoms with Crippen molar-refractivity contribution in [3.63, 3.8) is 0 Å². The van der Waals surface area contributed by atoms with E-state index in [0.717, 1.165) is 50.8 Å². The molecule has 1 heterocycles. The van der Waals surface area contributed by atoms with Crippen molar-refractivity contribution >= 4 is 5.69 Å². The number of aliphatic hydroxyl groups excluding tert-OH is 1. The SMILES string of the molecule is CC(NC1CCN(C2CCCCC2O)CC1)c1cccc([N+](=O)[O-])c1. The fourth-order valence-corrected chi connectivity index (χ4v) is 4.27. The van der Waals surface area contributed by atoms with Crippen molar-refractivity contribution in [2.45, 2.75) is 69.7 Å². The maximum absolute atomic E-state index is 10.9. The van der Waals surface area contributed by atoms with Crippen molar-refractivity contribution in [1.29, 1.82) is 0 Å². The first-order valence-corrected chi connectivity index (χ1v) is 9.47. The van der Waals surface area contributed by atoms with Crippen molar-refractivity contribution in [3.8, 4) is 0 Å². The molecule has 1 saturated carbocycles. The van der Waals surface area contributed by atoms with Gasteiger partial charge in [-0.25, -0.2) is 0 Å². The summed E-state index contributed by atoms with van der Waals surface area (Å²) in [5.74, 6) is 0. The smallest absolute Gasteiger partial charge is 0.269 e. The van der Waals surface area contributed by atoms with Gasteiger partial charge in [-0.2, -0.15) is 0 Å². The van der Waals surface area contributed by atoms with Gasteiger partial charge in [0.25, 0.3) is 5.69 Å². The molecule has 2 fully saturated rings. The van der Waals surface area contributed by atoms with Crippen molar-refractivity contribution < 1.29 is 10.0 Å². The van der Waals surface area contributed by atoms with E-state index in [-0.39, 0.29) is 22.8 Å². The Balaban J connectivity index is 1.51. The Labute approximate surface area is 149 Å². The highest BCUT2D eigenvalue weighted by Crippen LogP contribution is 2.27. The Morgan fingerprint density at radius 1 is 1.24 bits per heavy atom. The van der Waals surface area contributed by atoms with Crippen LogP contribution in [0.5, 0.6) is 0 Å². The van der Waals surface area contributed by atoms with Crippen molar-refractivity contribution in [2.24, 2.45) is 0 Å². The summed E-state index contributed by atoms with van der Waals surface area (Å²) in [4.78, 5) is 13.1. The zero-order valence-electron chi connectivity index (χ0n) is 14.9. The number of likely N-dealkylation sites (tertiary alicyclic amines) is 1. The zero-order valence-corrected chi connectivity index (χ0v) is 14.9. The van der Waals surface area contributed by atoms with Gasteiger partial charge in [-0.05, 0) is 38.2 Å². The Kier molecular flexibility index (Phi) is 6.04. The number of nitro groups is 1. The molecule has 3 unspecified atom stereocenters. The molecule has 1 aliphatic carbocycles. The lowest BCUT2D eigenvalue weighted by molar-refractivity contribution is -0.384. The maximum Gasteiger partial charge on any atom is 0.269 e. The van der Waals surface area contributed by atoms with Crippen LogP contribution in [0.2, 0.25) is 0 Å². The molecule has 3 atom stereocenters. The lowest BCUT2D eigenvalue weighted by atomic mass is 9.89. The van der Waals surface area contributed by atoms with Crippen LogP contribution < -0.4 is 5.32 Å². The summed E-state index contributed by atoms with van der Waals surface area (Å²) in [7, 11) is 0. The second kappa shape index (κ2) is 8.25. The van der Waals surface area contributed by atoms with Gasteiger partial charge in [0.1, 0.15) is 0 Å². The number of hydrogen-bond donors (Lipinski definition) is 2. The van der Waals surface area contributed by atoms with Crippen molar-refractivity contribution in [1.82, 2.24) is 10.2 Å². The molecule has 1 aliphatic heterocycles. The topological polar surface area (TPSA) is 78.6 Å². The molecule has 0 radical (unpaired) electrons. The van der Waals surface area contributed by atoms with Crippen molar-refractivity contribution in [2.75, 3.05) is 13.1 Å². The minimum atomic E-state index is -0.343. The van der Waals surface area contributed by atoms with E-state index >= 15 is 0 Å². The second-order valence-electron chi connectivity index (χ2n) is 7.47. The zero-order chi connectivity index (χ0) is 17.8. The number of rotatable bonds is 5. The molecule has 2 aliphatic rings. The van der Waals surface area contributed by atoms with Gasteiger partial charge in [0.2, 0.25) is 0 Å². The molecular weight excluding hydrogens is 318 g/mol. The molecule has 1 saturated heterocycles. The molecule has 6 nitrogen and oxygen atoms in total. The largest absolute Gasteiger partial charge is 0.391 e. The Bertz CT molecular complexity index is 587. The molecule has 0 bridgehead atoms. The molecule has 0 aromatic heterocycles. The summed E-state index contributed by atoms with van der Waals surface area (Å²) in [6, 6.07) is 7.73. The molecule has 1 aromatic rings. The van der Waals surface area contributed by atoms with Crippen LogP contribution in [-0.4, -0.2) is 46.2 Å². The van der Waals surface area contributed by atoms with E-state index in [9.17, 15) is 15.2 Å². The lowest BCUT2D eigenvalue weighted by Crippen LogP contribution is -2.51. The molecule has 0 amide bonds. The fourth-order valence-electron chi connectivity index (χ4n) is 4.27. The van der Waals surface area contributed by atoms with Gasteiger partial charge in [-0.15, -0.1) is 0 Å². The van der Waals surface area contributed by atoms with Gasteiger partial charge < -0.3 is 10.4 Å². The fraction of sp³-hybridized carbons (Fsp3) is 0.684. The Morgan fingerprint density at radius 3 is 2.64 bits per heavy atom. The highest BCUT2D eigenvalue weighted by molar-refractivity contribution is 5.35. The molecule has 2 N–H and O–H groups in total. The van der Waals surface area contributed by atoms with Crippen LogP contribution in [0.1, 0.15) is 57.1 Å². The molecular formula is C19H29N3O3. The number of hydrogen-bond acceptors (Lipinski definition) is 5. The van der Waals surface area contributed by atoms with E-state index in [1.807, 2.05) is 6.07 Å². The summed E-state index contributed by atoms with van der Waals surface area (Å²) in [6.45, 7) is 4.10. The third-order valence-corrected chi connectivity index (χ3v) is 5.76. The van der Waals surface area contributed by atoms with E-state index in [0.29, 0.717) is 12.1 Å². The average molecular weight is 347 g/mol. The summed E-state index contributed by atoms with van der Waals surface area (Å²) in [5, 5.41) is 24.8. The van der Waals surface area contributed by atoms with Gasteiger partial charge in [-0.1, -0.05) is 25.0 Å². The monoisotopic (exact) mass is 347 g/mol. The van der Waals surface area contributed by atoms with Gasteiger partial charge in [-0.3, -0.25) is 15.0 Å². The van der Waals surface area contributed by atoms with Crippen LogP contribution in [0.25, 0.3) is 0 Å².